The van der Waals surface area contributed by atoms with E-state index in [0.717, 1.165) is 17.7 Å². The molecule has 0 saturated heterocycles. The lowest BCUT2D eigenvalue weighted by Crippen LogP contribution is -2.20. The van der Waals surface area contributed by atoms with Crippen molar-refractivity contribution in [2.75, 3.05) is 0 Å². The zero-order valence-corrected chi connectivity index (χ0v) is 12.6. The summed E-state index contributed by atoms with van der Waals surface area (Å²) in [5, 5.41) is 4.63. The Morgan fingerprint density at radius 1 is 1.14 bits per heavy atom. The lowest BCUT2D eigenvalue weighted by Gasteiger charge is -2.25. The van der Waals surface area contributed by atoms with E-state index >= 15 is 0 Å². The molecule has 0 spiro atoms. The Morgan fingerprint density at radius 3 is 2.62 bits per heavy atom. The molecule has 0 aromatic heterocycles. The maximum Gasteiger partial charge on any atom is 0.236 e. The van der Waals surface area contributed by atoms with E-state index in [1.54, 1.807) is 0 Å². The van der Waals surface area contributed by atoms with E-state index in [0.29, 0.717) is 5.25 Å². The van der Waals surface area contributed by atoms with Crippen LogP contribution in [0.15, 0.2) is 64.6 Å². The second kappa shape index (κ2) is 6.14. The highest BCUT2D eigenvalue weighted by Gasteiger charge is 2.25. The normalized spacial score (nSPS) is 19.1. The number of nitrogens with zero attached hydrogens (tertiary/aromatic N) is 1. The maximum atomic E-state index is 11.1. The van der Waals surface area contributed by atoms with Gasteiger partial charge in [0.25, 0.3) is 0 Å². The van der Waals surface area contributed by atoms with Gasteiger partial charge < -0.3 is 0 Å². The molecular formula is C17H16N2OS. The molecule has 1 aliphatic rings. The van der Waals surface area contributed by atoms with Gasteiger partial charge in [0.05, 0.1) is 5.71 Å². The Morgan fingerprint density at radius 2 is 1.86 bits per heavy atom. The van der Waals surface area contributed by atoms with Crippen LogP contribution in [-0.4, -0.2) is 11.6 Å². The maximum absolute atomic E-state index is 11.1. The molecule has 4 heteroatoms. The first-order valence-corrected chi connectivity index (χ1v) is 7.76. The second-order valence-corrected chi connectivity index (χ2v) is 6.19. The van der Waals surface area contributed by atoms with Crippen LogP contribution >= 0.6 is 11.8 Å². The summed E-state index contributed by atoms with van der Waals surface area (Å²) >= 11 is 1.85. The Bertz CT molecular complexity index is 682. The van der Waals surface area contributed by atoms with Crippen molar-refractivity contribution in [3.8, 4) is 0 Å². The van der Waals surface area contributed by atoms with E-state index in [9.17, 15) is 4.79 Å². The number of hydrazone groups is 1. The second-order valence-electron chi connectivity index (χ2n) is 4.94. The number of thioether (sulfide) groups is 1. The fourth-order valence-electron chi connectivity index (χ4n) is 2.39. The largest absolute Gasteiger partial charge is 0.274 e. The molecule has 1 amide bonds. The van der Waals surface area contributed by atoms with Gasteiger partial charge in [0.15, 0.2) is 0 Å². The van der Waals surface area contributed by atoms with Gasteiger partial charge in [-0.1, -0.05) is 48.5 Å². The van der Waals surface area contributed by atoms with Crippen LogP contribution in [0.1, 0.15) is 29.7 Å². The van der Waals surface area contributed by atoms with E-state index in [2.05, 4.69) is 46.9 Å². The van der Waals surface area contributed by atoms with Gasteiger partial charge in [-0.15, -0.1) is 11.8 Å². The molecule has 1 N–H and O–H groups in total. The van der Waals surface area contributed by atoms with Crippen molar-refractivity contribution in [3.05, 3.63) is 65.7 Å². The van der Waals surface area contributed by atoms with E-state index < -0.39 is 0 Å². The highest BCUT2D eigenvalue weighted by atomic mass is 32.2. The minimum absolute atomic E-state index is 0.144. The third-order valence-corrected chi connectivity index (χ3v) is 4.70. The molecule has 1 unspecified atom stereocenters. The van der Waals surface area contributed by atoms with Crippen LogP contribution in [0.4, 0.5) is 0 Å². The molecule has 106 valence electrons. The van der Waals surface area contributed by atoms with Crippen molar-refractivity contribution < 1.29 is 4.79 Å². The van der Waals surface area contributed by atoms with Gasteiger partial charge in [-0.2, -0.15) is 5.10 Å². The number of rotatable bonds is 2. The Kier molecular flexibility index (Phi) is 4.06. The highest BCUT2D eigenvalue weighted by Crippen LogP contribution is 2.44. The van der Waals surface area contributed by atoms with Gasteiger partial charge in [-0.25, -0.2) is 5.43 Å². The van der Waals surface area contributed by atoms with Crippen LogP contribution in [0.5, 0.6) is 0 Å². The lowest BCUT2D eigenvalue weighted by molar-refractivity contribution is -0.118. The summed E-state index contributed by atoms with van der Waals surface area (Å²) in [5.41, 5.74) is 5.91. The molecule has 3 rings (SSSR count). The van der Waals surface area contributed by atoms with E-state index in [4.69, 9.17) is 0 Å². The zero-order chi connectivity index (χ0) is 14.7. The third-order valence-electron chi connectivity index (χ3n) is 3.37. The summed E-state index contributed by atoms with van der Waals surface area (Å²) in [6.07, 6.45) is 0.811. The minimum atomic E-state index is -0.144. The molecule has 0 fully saturated rings. The number of amides is 1. The first-order valence-electron chi connectivity index (χ1n) is 6.88. The van der Waals surface area contributed by atoms with Crippen LogP contribution in [0.3, 0.4) is 0 Å². The molecule has 0 bridgehead atoms. The molecule has 0 aliphatic carbocycles. The summed E-state index contributed by atoms with van der Waals surface area (Å²) in [4.78, 5) is 12.3. The van der Waals surface area contributed by atoms with Crippen LogP contribution in [-0.2, 0) is 4.79 Å². The summed E-state index contributed by atoms with van der Waals surface area (Å²) in [6, 6.07) is 18.6. The Balaban J connectivity index is 1.96. The Labute approximate surface area is 128 Å². The van der Waals surface area contributed by atoms with Gasteiger partial charge in [0, 0.05) is 29.1 Å². The fourth-order valence-corrected chi connectivity index (χ4v) is 3.70. The van der Waals surface area contributed by atoms with Crippen molar-refractivity contribution in [2.45, 2.75) is 23.5 Å². The van der Waals surface area contributed by atoms with Gasteiger partial charge in [0.2, 0.25) is 5.91 Å². The average Bonchev–Trinajstić information content (AvgIpc) is 2.53. The van der Waals surface area contributed by atoms with Crippen molar-refractivity contribution in [1.29, 1.82) is 0 Å². The van der Waals surface area contributed by atoms with E-state index in [-0.39, 0.29) is 5.91 Å². The van der Waals surface area contributed by atoms with Crippen molar-refractivity contribution in [2.24, 2.45) is 5.10 Å². The first-order chi connectivity index (χ1) is 10.2. The van der Waals surface area contributed by atoms with Crippen LogP contribution in [0, 0.1) is 0 Å². The summed E-state index contributed by atoms with van der Waals surface area (Å²) in [6.45, 7) is 1.47. The van der Waals surface area contributed by atoms with Crippen molar-refractivity contribution in [3.63, 3.8) is 0 Å². The molecule has 3 nitrogen and oxygen atoms in total. The zero-order valence-electron chi connectivity index (χ0n) is 11.7. The minimum Gasteiger partial charge on any atom is -0.274 e. The lowest BCUT2D eigenvalue weighted by atomic mass is 10.0. The van der Waals surface area contributed by atoms with E-state index in [1.165, 1.54) is 17.4 Å². The standard InChI is InChI=1S/C17H16N2OS/c1-12(20)18-19-15-11-17(13-7-3-2-4-8-13)21-16-10-6-5-9-14(15)16/h2-10,17H,11H2,1H3,(H,18,20)/b19-15+. The number of fused-ring (bicyclic) bond motifs is 1. The topological polar surface area (TPSA) is 41.5 Å². The smallest absolute Gasteiger partial charge is 0.236 e. The number of carbonyl (C=O) groups is 1. The quantitative estimate of drug-likeness (QED) is 0.857. The molecule has 1 atom stereocenters. The van der Waals surface area contributed by atoms with Crippen LogP contribution in [0.2, 0.25) is 0 Å². The first kappa shape index (κ1) is 13.9. The Hall–Kier alpha value is -2.07. The molecule has 0 saturated carbocycles. The average molecular weight is 296 g/mol. The molecule has 21 heavy (non-hydrogen) atoms. The molecule has 2 aromatic rings. The number of benzene rings is 2. The molecule has 0 radical (unpaired) electrons. The van der Waals surface area contributed by atoms with Crippen LogP contribution in [0.25, 0.3) is 0 Å². The van der Waals surface area contributed by atoms with Crippen molar-refractivity contribution >= 4 is 23.4 Å². The summed E-state index contributed by atoms with van der Waals surface area (Å²) in [7, 11) is 0. The number of hydrogen-bond acceptors (Lipinski definition) is 3. The summed E-state index contributed by atoms with van der Waals surface area (Å²) in [5.74, 6) is -0.144. The molecule has 1 aliphatic heterocycles. The number of nitrogens with one attached hydrogen (secondary N) is 1. The number of hydrogen-bond donors (Lipinski definition) is 1. The molecule has 1 heterocycles. The fraction of sp³-hybridized carbons (Fsp3) is 0.176. The predicted molar refractivity (Wildman–Crippen MR) is 86.5 cm³/mol. The molecule has 2 aromatic carbocycles. The monoisotopic (exact) mass is 296 g/mol. The van der Waals surface area contributed by atoms with Crippen molar-refractivity contribution in [1.82, 2.24) is 5.43 Å². The van der Waals surface area contributed by atoms with Gasteiger partial charge in [0.1, 0.15) is 0 Å². The molecular weight excluding hydrogens is 280 g/mol. The highest BCUT2D eigenvalue weighted by molar-refractivity contribution is 7.99. The van der Waals surface area contributed by atoms with E-state index in [1.807, 2.05) is 30.0 Å². The van der Waals surface area contributed by atoms with Gasteiger partial charge in [-0.05, 0) is 11.6 Å². The van der Waals surface area contributed by atoms with Gasteiger partial charge >= 0.3 is 0 Å². The summed E-state index contributed by atoms with van der Waals surface area (Å²) < 4.78 is 0. The van der Waals surface area contributed by atoms with Crippen LogP contribution < -0.4 is 5.43 Å². The third kappa shape index (κ3) is 3.16. The SMILES string of the molecule is CC(=O)N/N=C1\CC(c2ccccc2)Sc2ccccc21. The predicted octanol–water partition coefficient (Wildman–Crippen LogP) is 3.76. The number of carbonyl (C=O) groups excluding carboxylic acids is 1. The van der Waals surface area contributed by atoms with Gasteiger partial charge in [-0.3, -0.25) is 4.79 Å².